The topological polar surface area (TPSA) is 24.1 Å². The van der Waals surface area contributed by atoms with E-state index in [9.17, 15) is 4.39 Å². The number of benzene rings is 1. The largest absolute Gasteiger partial charge is 0.383 e. The number of likely N-dealkylation sites (N-methyl/N-ethyl adjacent to an activating group) is 1. The van der Waals surface area contributed by atoms with Crippen molar-refractivity contribution in [3.63, 3.8) is 0 Å². The van der Waals surface area contributed by atoms with Crippen LogP contribution in [0.15, 0.2) is 18.2 Å². The minimum atomic E-state index is -0.150. The average molecular weight is 194 g/mol. The van der Waals surface area contributed by atoms with Crippen molar-refractivity contribution in [2.75, 3.05) is 18.4 Å². The number of hydrogen-bond acceptors (Lipinski definition) is 2. The molecule has 1 aliphatic heterocycles. The van der Waals surface area contributed by atoms with Gasteiger partial charge in [-0.15, -0.1) is 0 Å². The zero-order valence-electron chi connectivity index (χ0n) is 8.31. The predicted octanol–water partition coefficient (Wildman–Crippen LogP) is 1.77. The Bertz CT molecular complexity index is 325. The van der Waals surface area contributed by atoms with Gasteiger partial charge in [-0.05, 0) is 36.7 Å². The highest BCUT2D eigenvalue weighted by Gasteiger charge is 2.17. The van der Waals surface area contributed by atoms with Gasteiger partial charge in [-0.2, -0.15) is 0 Å². The number of nitrogens with one attached hydrogen (secondary N) is 2. The Hall–Kier alpha value is -1.09. The number of anilines is 1. The molecule has 2 N–H and O–H groups in total. The summed E-state index contributed by atoms with van der Waals surface area (Å²) in [6.07, 6.45) is 0.911. The van der Waals surface area contributed by atoms with Crippen LogP contribution >= 0.6 is 0 Å². The van der Waals surface area contributed by atoms with E-state index in [0.29, 0.717) is 6.04 Å². The fourth-order valence-electron chi connectivity index (χ4n) is 1.91. The van der Waals surface area contributed by atoms with Crippen LogP contribution < -0.4 is 10.6 Å². The van der Waals surface area contributed by atoms with E-state index in [-0.39, 0.29) is 5.82 Å². The highest BCUT2D eigenvalue weighted by atomic mass is 19.1. The SMILES string of the molecule is CCNC1CNc2ccc(F)cc2C1. The van der Waals surface area contributed by atoms with Crippen molar-refractivity contribution in [2.24, 2.45) is 0 Å². The van der Waals surface area contributed by atoms with Crippen LogP contribution in [0.25, 0.3) is 0 Å². The molecule has 0 saturated carbocycles. The summed E-state index contributed by atoms with van der Waals surface area (Å²) in [6, 6.07) is 5.35. The minimum Gasteiger partial charge on any atom is -0.383 e. The van der Waals surface area contributed by atoms with Gasteiger partial charge in [0.05, 0.1) is 0 Å². The summed E-state index contributed by atoms with van der Waals surface area (Å²) in [7, 11) is 0. The first-order valence-electron chi connectivity index (χ1n) is 5.05. The van der Waals surface area contributed by atoms with Crippen molar-refractivity contribution in [1.29, 1.82) is 0 Å². The molecule has 1 aromatic rings. The molecule has 0 aliphatic carbocycles. The van der Waals surface area contributed by atoms with Gasteiger partial charge >= 0.3 is 0 Å². The van der Waals surface area contributed by atoms with Gasteiger partial charge in [0.1, 0.15) is 5.82 Å². The summed E-state index contributed by atoms with van der Waals surface area (Å²) < 4.78 is 13.0. The molecule has 0 spiro atoms. The maximum absolute atomic E-state index is 13.0. The molecule has 1 aliphatic rings. The van der Waals surface area contributed by atoms with Gasteiger partial charge in [-0.25, -0.2) is 4.39 Å². The molecule has 1 atom stereocenters. The zero-order chi connectivity index (χ0) is 9.97. The molecule has 14 heavy (non-hydrogen) atoms. The summed E-state index contributed by atoms with van der Waals surface area (Å²) in [6.45, 7) is 3.96. The molecular formula is C11H15FN2. The van der Waals surface area contributed by atoms with Gasteiger partial charge < -0.3 is 10.6 Å². The summed E-state index contributed by atoms with van der Waals surface area (Å²) in [4.78, 5) is 0. The molecule has 0 bridgehead atoms. The minimum absolute atomic E-state index is 0.150. The van der Waals surface area contributed by atoms with Crippen LogP contribution in [0.4, 0.5) is 10.1 Å². The molecule has 0 amide bonds. The third kappa shape index (κ3) is 1.87. The fourth-order valence-corrected chi connectivity index (χ4v) is 1.91. The lowest BCUT2D eigenvalue weighted by Crippen LogP contribution is -2.40. The highest BCUT2D eigenvalue weighted by molar-refractivity contribution is 5.53. The van der Waals surface area contributed by atoms with E-state index in [4.69, 9.17) is 0 Å². The Morgan fingerprint density at radius 3 is 3.21 bits per heavy atom. The first-order valence-corrected chi connectivity index (χ1v) is 5.05. The lowest BCUT2D eigenvalue weighted by atomic mass is 9.99. The Morgan fingerprint density at radius 1 is 1.57 bits per heavy atom. The zero-order valence-corrected chi connectivity index (χ0v) is 8.31. The second-order valence-electron chi connectivity index (χ2n) is 3.64. The molecule has 0 saturated heterocycles. The molecular weight excluding hydrogens is 179 g/mol. The first-order chi connectivity index (χ1) is 6.79. The Balaban J connectivity index is 2.16. The van der Waals surface area contributed by atoms with Crippen molar-refractivity contribution in [1.82, 2.24) is 5.32 Å². The molecule has 1 heterocycles. The molecule has 3 heteroatoms. The van der Waals surface area contributed by atoms with Crippen LogP contribution in [-0.4, -0.2) is 19.1 Å². The quantitative estimate of drug-likeness (QED) is 0.749. The van der Waals surface area contributed by atoms with E-state index in [1.807, 2.05) is 6.07 Å². The summed E-state index contributed by atoms with van der Waals surface area (Å²) >= 11 is 0. The van der Waals surface area contributed by atoms with Crippen LogP contribution in [0.3, 0.4) is 0 Å². The molecule has 0 radical (unpaired) electrons. The Morgan fingerprint density at radius 2 is 2.43 bits per heavy atom. The predicted molar refractivity (Wildman–Crippen MR) is 56.1 cm³/mol. The van der Waals surface area contributed by atoms with Crippen LogP contribution in [0.5, 0.6) is 0 Å². The lowest BCUT2D eigenvalue weighted by Gasteiger charge is -2.26. The summed E-state index contributed by atoms with van der Waals surface area (Å²) in [5, 5.41) is 6.66. The van der Waals surface area contributed by atoms with Crippen LogP contribution in [0, 0.1) is 5.82 Å². The molecule has 0 fully saturated rings. The van der Waals surface area contributed by atoms with Gasteiger partial charge in [0.15, 0.2) is 0 Å². The second kappa shape index (κ2) is 3.96. The first kappa shape index (κ1) is 9.46. The molecule has 76 valence electrons. The smallest absolute Gasteiger partial charge is 0.123 e. The number of halogens is 1. The maximum Gasteiger partial charge on any atom is 0.123 e. The summed E-state index contributed by atoms with van der Waals surface area (Å²) in [5.41, 5.74) is 2.14. The lowest BCUT2D eigenvalue weighted by molar-refractivity contribution is 0.531. The fraction of sp³-hybridized carbons (Fsp3) is 0.455. The van der Waals surface area contributed by atoms with Gasteiger partial charge in [0.2, 0.25) is 0 Å². The van der Waals surface area contributed by atoms with Gasteiger partial charge in [-0.1, -0.05) is 6.92 Å². The van der Waals surface area contributed by atoms with E-state index in [1.54, 1.807) is 6.07 Å². The number of hydrogen-bond donors (Lipinski definition) is 2. The highest BCUT2D eigenvalue weighted by Crippen LogP contribution is 2.22. The monoisotopic (exact) mass is 194 g/mol. The van der Waals surface area contributed by atoms with Crippen LogP contribution in [0.2, 0.25) is 0 Å². The van der Waals surface area contributed by atoms with E-state index in [2.05, 4.69) is 17.6 Å². The number of fused-ring (bicyclic) bond motifs is 1. The Labute approximate surface area is 83.5 Å². The van der Waals surface area contributed by atoms with Crippen molar-refractivity contribution < 1.29 is 4.39 Å². The van der Waals surface area contributed by atoms with E-state index < -0.39 is 0 Å². The van der Waals surface area contributed by atoms with E-state index in [1.165, 1.54) is 6.07 Å². The number of rotatable bonds is 2. The van der Waals surface area contributed by atoms with Crippen molar-refractivity contribution in [3.05, 3.63) is 29.6 Å². The van der Waals surface area contributed by atoms with E-state index >= 15 is 0 Å². The van der Waals surface area contributed by atoms with Gasteiger partial charge in [-0.3, -0.25) is 0 Å². The third-order valence-corrected chi connectivity index (χ3v) is 2.57. The molecule has 1 aromatic carbocycles. The van der Waals surface area contributed by atoms with Gasteiger partial charge in [0.25, 0.3) is 0 Å². The molecule has 1 unspecified atom stereocenters. The van der Waals surface area contributed by atoms with Crippen LogP contribution in [-0.2, 0) is 6.42 Å². The standard InChI is InChI=1S/C11H15FN2/c1-2-13-10-6-8-5-9(12)3-4-11(8)14-7-10/h3-5,10,13-14H,2,6-7H2,1H3. The maximum atomic E-state index is 13.0. The normalized spacial score (nSPS) is 20.0. The van der Waals surface area contributed by atoms with E-state index in [0.717, 1.165) is 30.8 Å². The van der Waals surface area contributed by atoms with Gasteiger partial charge in [0, 0.05) is 18.3 Å². The third-order valence-electron chi connectivity index (χ3n) is 2.57. The van der Waals surface area contributed by atoms with Crippen LogP contribution in [0.1, 0.15) is 12.5 Å². The second-order valence-corrected chi connectivity index (χ2v) is 3.64. The Kier molecular flexibility index (Phi) is 2.68. The average Bonchev–Trinajstić information content (AvgIpc) is 2.17. The molecule has 2 rings (SSSR count). The van der Waals surface area contributed by atoms with Crippen molar-refractivity contribution in [2.45, 2.75) is 19.4 Å². The molecule has 2 nitrogen and oxygen atoms in total. The van der Waals surface area contributed by atoms with Crippen molar-refractivity contribution >= 4 is 5.69 Å². The van der Waals surface area contributed by atoms with Crippen molar-refractivity contribution in [3.8, 4) is 0 Å². The molecule has 0 aromatic heterocycles. The summed E-state index contributed by atoms with van der Waals surface area (Å²) in [5.74, 6) is -0.150.